The number of aryl methyl sites for hydroxylation is 1. The molecule has 1 aliphatic heterocycles. The standard InChI is InChI=1S/C18H21N3O2/c1-19-10-4-7-14(19)15-8-5-11-20(15)12-13-21-16-6-2-3-9-17(16)23-18(21)22/h2-4,6-7,9-10,15H,5,8,11-13H2,1H3. The molecule has 0 spiro atoms. The number of fused-ring (bicyclic) bond motifs is 1. The molecule has 23 heavy (non-hydrogen) atoms. The lowest BCUT2D eigenvalue weighted by Gasteiger charge is -2.25. The third-order valence-electron chi connectivity index (χ3n) is 4.87. The molecule has 3 aromatic rings. The molecule has 0 aliphatic carbocycles. The van der Waals surface area contributed by atoms with E-state index in [9.17, 15) is 4.79 Å². The van der Waals surface area contributed by atoms with Crippen LogP contribution < -0.4 is 5.76 Å². The van der Waals surface area contributed by atoms with E-state index in [1.807, 2.05) is 24.3 Å². The Balaban J connectivity index is 1.55. The maximum atomic E-state index is 12.1. The van der Waals surface area contributed by atoms with Crippen LogP contribution in [0.1, 0.15) is 24.6 Å². The Morgan fingerprint density at radius 1 is 1.17 bits per heavy atom. The van der Waals surface area contributed by atoms with Gasteiger partial charge < -0.3 is 8.98 Å². The first-order valence-electron chi connectivity index (χ1n) is 8.18. The predicted octanol–water partition coefficient (Wildman–Crippen LogP) is 2.77. The van der Waals surface area contributed by atoms with Crippen molar-refractivity contribution in [2.24, 2.45) is 7.05 Å². The zero-order chi connectivity index (χ0) is 15.8. The van der Waals surface area contributed by atoms with Crippen molar-refractivity contribution in [1.29, 1.82) is 0 Å². The van der Waals surface area contributed by atoms with Crippen molar-refractivity contribution < 1.29 is 4.42 Å². The molecule has 1 saturated heterocycles. The maximum absolute atomic E-state index is 12.1. The van der Waals surface area contributed by atoms with Gasteiger partial charge in [-0.15, -0.1) is 0 Å². The monoisotopic (exact) mass is 311 g/mol. The number of benzene rings is 1. The molecule has 1 aromatic carbocycles. The highest BCUT2D eigenvalue weighted by Gasteiger charge is 2.27. The number of rotatable bonds is 4. The average molecular weight is 311 g/mol. The average Bonchev–Trinajstić information content (AvgIpc) is 3.23. The molecular formula is C18H21N3O2. The molecule has 0 N–H and O–H groups in total. The number of hydrogen-bond donors (Lipinski definition) is 0. The number of nitrogens with zero attached hydrogens (tertiary/aromatic N) is 3. The Labute approximate surface area is 134 Å². The lowest BCUT2D eigenvalue weighted by Crippen LogP contribution is -2.30. The summed E-state index contributed by atoms with van der Waals surface area (Å²) in [5, 5.41) is 0. The van der Waals surface area contributed by atoms with Crippen molar-refractivity contribution in [2.45, 2.75) is 25.4 Å². The van der Waals surface area contributed by atoms with Crippen LogP contribution in [0.4, 0.5) is 0 Å². The van der Waals surface area contributed by atoms with Crippen LogP contribution in [0.2, 0.25) is 0 Å². The molecule has 1 atom stereocenters. The summed E-state index contributed by atoms with van der Waals surface area (Å²) in [7, 11) is 2.10. The van der Waals surface area contributed by atoms with Crippen molar-refractivity contribution in [1.82, 2.24) is 14.0 Å². The topological polar surface area (TPSA) is 43.3 Å². The van der Waals surface area contributed by atoms with Gasteiger partial charge in [0.2, 0.25) is 0 Å². The molecule has 120 valence electrons. The summed E-state index contributed by atoms with van der Waals surface area (Å²) in [5.74, 6) is -0.263. The van der Waals surface area contributed by atoms with E-state index in [0.29, 0.717) is 18.2 Å². The Hall–Kier alpha value is -2.27. The zero-order valence-corrected chi connectivity index (χ0v) is 13.3. The number of para-hydroxylation sites is 2. The summed E-state index contributed by atoms with van der Waals surface area (Å²) >= 11 is 0. The van der Waals surface area contributed by atoms with Crippen molar-refractivity contribution in [3.63, 3.8) is 0 Å². The Morgan fingerprint density at radius 2 is 2.04 bits per heavy atom. The highest BCUT2D eigenvalue weighted by molar-refractivity contribution is 5.72. The van der Waals surface area contributed by atoms with Crippen molar-refractivity contribution in [2.75, 3.05) is 13.1 Å². The van der Waals surface area contributed by atoms with Gasteiger partial charge in [-0.3, -0.25) is 9.47 Å². The van der Waals surface area contributed by atoms with E-state index in [4.69, 9.17) is 4.42 Å². The van der Waals surface area contributed by atoms with Gasteiger partial charge in [0.25, 0.3) is 0 Å². The fourth-order valence-corrected chi connectivity index (χ4v) is 3.70. The summed E-state index contributed by atoms with van der Waals surface area (Å²) in [6.07, 6.45) is 4.48. The van der Waals surface area contributed by atoms with Gasteiger partial charge in [0.15, 0.2) is 5.58 Å². The highest BCUT2D eigenvalue weighted by atomic mass is 16.4. The zero-order valence-electron chi connectivity index (χ0n) is 13.3. The number of aromatic nitrogens is 2. The molecule has 0 amide bonds. The molecule has 0 radical (unpaired) electrons. The molecule has 0 saturated carbocycles. The molecular weight excluding hydrogens is 290 g/mol. The van der Waals surface area contributed by atoms with E-state index in [1.165, 1.54) is 18.5 Å². The Bertz CT molecular complexity index is 874. The minimum absolute atomic E-state index is 0.263. The van der Waals surface area contributed by atoms with Crippen molar-refractivity contribution in [3.8, 4) is 0 Å². The number of likely N-dealkylation sites (tertiary alicyclic amines) is 1. The number of oxazole rings is 1. The van der Waals surface area contributed by atoms with E-state index < -0.39 is 0 Å². The van der Waals surface area contributed by atoms with Crippen LogP contribution in [0.3, 0.4) is 0 Å². The first-order valence-corrected chi connectivity index (χ1v) is 8.18. The van der Waals surface area contributed by atoms with Crippen LogP contribution in [0, 0.1) is 0 Å². The fraction of sp³-hybridized carbons (Fsp3) is 0.389. The fourth-order valence-electron chi connectivity index (χ4n) is 3.70. The molecule has 1 fully saturated rings. The first kappa shape index (κ1) is 14.3. The van der Waals surface area contributed by atoms with Gasteiger partial charge in [0.05, 0.1) is 11.6 Å². The predicted molar refractivity (Wildman–Crippen MR) is 89.4 cm³/mol. The van der Waals surface area contributed by atoms with Crippen molar-refractivity contribution >= 4 is 11.1 Å². The summed E-state index contributed by atoms with van der Waals surface area (Å²) in [5.41, 5.74) is 2.90. The molecule has 0 bridgehead atoms. The first-order chi connectivity index (χ1) is 11.2. The van der Waals surface area contributed by atoms with Gasteiger partial charge in [-0.25, -0.2) is 4.79 Å². The van der Waals surface area contributed by atoms with Crippen LogP contribution in [-0.2, 0) is 13.6 Å². The van der Waals surface area contributed by atoms with Gasteiger partial charge in [0, 0.05) is 32.0 Å². The van der Waals surface area contributed by atoms with Gasteiger partial charge in [-0.2, -0.15) is 0 Å². The van der Waals surface area contributed by atoms with Crippen LogP contribution in [0.15, 0.2) is 51.8 Å². The second kappa shape index (κ2) is 5.74. The second-order valence-corrected chi connectivity index (χ2v) is 6.23. The lowest BCUT2D eigenvalue weighted by atomic mass is 10.1. The second-order valence-electron chi connectivity index (χ2n) is 6.23. The molecule has 2 aromatic heterocycles. The minimum Gasteiger partial charge on any atom is -0.408 e. The molecule has 1 unspecified atom stereocenters. The SMILES string of the molecule is Cn1cccc1C1CCCN1CCn1c(=O)oc2ccccc21. The van der Waals surface area contributed by atoms with Crippen LogP contribution in [-0.4, -0.2) is 27.1 Å². The summed E-state index contributed by atoms with van der Waals surface area (Å²) in [6.45, 7) is 2.61. The van der Waals surface area contributed by atoms with Crippen LogP contribution in [0.25, 0.3) is 11.1 Å². The minimum atomic E-state index is -0.263. The van der Waals surface area contributed by atoms with E-state index >= 15 is 0 Å². The van der Waals surface area contributed by atoms with E-state index in [-0.39, 0.29) is 5.76 Å². The molecule has 4 rings (SSSR count). The van der Waals surface area contributed by atoms with E-state index in [1.54, 1.807) is 4.57 Å². The van der Waals surface area contributed by atoms with Gasteiger partial charge in [-0.05, 0) is 43.7 Å². The van der Waals surface area contributed by atoms with Crippen molar-refractivity contribution in [3.05, 3.63) is 58.8 Å². The van der Waals surface area contributed by atoms with Gasteiger partial charge in [-0.1, -0.05) is 12.1 Å². The maximum Gasteiger partial charge on any atom is 0.419 e. The normalized spacial score (nSPS) is 18.9. The largest absolute Gasteiger partial charge is 0.419 e. The lowest BCUT2D eigenvalue weighted by molar-refractivity contribution is 0.238. The van der Waals surface area contributed by atoms with E-state index in [0.717, 1.165) is 18.6 Å². The number of hydrogen-bond acceptors (Lipinski definition) is 3. The quantitative estimate of drug-likeness (QED) is 0.744. The molecule has 5 nitrogen and oxygen atoms in total. The molecule has 5 heteroatoms. The summed E-state index contributed by atoms with van der Waals surface area (Å²) in [4.78, 5) is 14.6. The summed E-state index contributed by atoms with van der Waals surface area (Å²) < 4.78 is 9.26. The Kier molecular flexibility index (Phi) is 3.58. The van der Waals surface area contributed by atoms with E-state index in [2.05, 4.69) is 34.8 Å². The third-order valence-corrected chi connectivity index (χ3v) is 4.87. The molecule has 3 heterocycles. The summed E-state index contributed by atoms with van der Waals surface area (Å²) in [6, 6.07) is 12.4. The van der Waals surface area contributed by atoms with Gasteiger partial charge in [0.1, 0.15) is 0 Å². The molecule has 1 aliphatic rings. The van der Waals surface area contributed by atoms with Gasteiger partial charge >= 0.3 is 5.76 Å². The Morgan fingerprint density at radius 3 is 2.87 bits per heavy atom. The van der Waals surface area contributed by atoms with Crippen LogP contribution in [0.5, 0.6) is 0 Å². The van der Waals surface area contributed by atoms with Crippen LogP contribution >= 0.6 is 0 Å². The third kappa shape index (κ3) is 2.51. The smallest absolute Gasteiger partial charge is 0.408 e. The highest BCUT2D eigenvalue weighted by Crippen LogP contribution is 2.31.